The van der Waals surface area contributed by atoms with Crippen molar-refractivity contribution in [3.05, 3.63) is 0 Å². The van der Waals surface area contributed by atoms with Crippen molar-refractivity contribution in [2.24, 2.45) is 17.1 Å². The first-order chi connectivity index (χ1) is 5.73. The van der Waals surface area contributed by atoms with Crippen molar-refractivity contribution in [3.8, 4) is 0 Å². The summed E-state index contributed by atoms with van der Waals surface area (Å²) in [4.78, 5) is 10.4. The fourth-order valence-corrected chi connectivity index (χ4v) is 1.17. The normalized spacial score (nSPS) is 16.7. The number of carboxylic acids is 1. The van der Waals surface area contributed by atoms with Crippen molar-refractivity contribution in [2.45, 2.75) is 46.6 Å². The molecule has 2 atom stereocenters. The zero-order valence-corrected chi connectivity index (χ0v) is 9.00. The minimum absolute atomic E-state index is 0.0623. The fraction of sp³-hybridized carbons (Fsp3) is 0.900. The van der Waals surface area contributed by atoms with Crippen LogP contribution in [0.1, 0.15) is 40.5 Å². The van der Waals surface area contributed by atoms with Crippen molar-refractivity contribution >= 4 is 5.97 Å². The Morgan fingerprint density at radius 1 is 1.46 bits per heavy atom. The van der Waals surface area contributed by atoms with Crippen LogP contribution in [0.2, 0.25) is 0 Å². The summed E-state index contributed by atoms with van der Waals surface area (Å²) in [5, 5.41) is 8.56. The zero-order chi connectivity index (χ0) is 10.6. The van der Waals surface area contributed by atoms with Crippen LogP contribution in [0.15, 0.2) is 0 Å². The van der Waals surface area contributed by atoms with Gasteiger partial charge in [-0.1, -0.05) is 27.7 Å². The molecule has 0 unspecified atom stereocenters. The van der Waals surface area contributed by atoms with Gasteiger partial charge >= 0.3 is 5.97 Å². The molecule has 0 aromatic heterocycles. The van der Waals surface area contributed by atoms with E-state index in [4.69, 9.17) is 10.8 Å². The number of aliphatic carboxylic acids is 1. The van der Waals surface area contributed by atoms with Gasteiger partial charge in [0.05, 0.1) is 0 Å². The number of carboxylic acid groups (broad SMARTS) is 1. The van der Waals surface area contributed by atoms with E-state index in [0.29, 0.717) is 0 Å². The summed E-state index contributed by atoms with van der Waals surface area (Å²) in [6, 6.07) is 0.0712. The third-order valence-electron chi connectivity index (χ3n) is 2.29. The highest BCUT2D eigenvalue weighted by atomic mass is 16.4. The van der Waals surface area contributed by atoms with Crippen molar-refractivity contribution in [2.75, 3.05) is 0 Å². The van der Waals surface area contributed by atoms with Gasteiger partial charge in [0.2, 0.25) is 0 Å². The predicted octanol–water partition coefficient (Wildman–Crippen LogP) is 1.86. The fourth-order valence-electron chi connectivity index (χ4n) is 1.17. The Bertz CT molecular complexity index is 172. The summed E-state index contributed by atoms with van der Waals surface area (Å²) in [6.07, 6.45) is 0.986. The molecule has 0 saturated carbocycles. The highest BCUT2D eigenvalue weighted by Gasteiger charge is 2.23. The lowest BCUT2D eigenvalue weighted by molar-refractivity contribution is -0.138. The van der Waals surface area contributed by atoms with Crippen molar-refractivity contribution in [1.29, 1.82) is 0 Å². The Hall–Kier alpha value is -0.570. The van der Waals surface area contributed by atoms with Gasteiger partial charge in [0, 0.05) is 12.5 Å². The summed E-state index contributed by atoms with van der Waals surface area (Å²) < 4.78 is 0. The van der Waals surface area contributed by atoms with Gasteiger partial charge in [0.25, 0.3) is 0 Å². The van der Waals surface area contributed by atoms with Crippen molar-refractivity contribution < 1.29 is 9.90 Å². The van der Waals surface area contributed by atoms with E-state index in [9.17, 15) is 4.79 Å². The standard InChI is InChI=1S/C10H21NO2/c1-7(6-9(12)13)5-8(11)10(2,3)4/h7-8H,5-6,11H2,1-4H3,(H,12,13)/t7-,8+/m1/s1. The second-order valence-corrected chi connectivity index (χ2v) is 4.91. The van der Waals surface area contributed by atoms with Gasteiger partial charge in [0.15, 0.2) is 0 Å². The number of rotatable bonds is 4. The molecule has 0 amide bonds. The maximum Gasteiger partial charge on any atom is 0.303 e. The maximum atomic E-state index is 10.4. The van der Waals surface area contributed by atoms with E-state index in [-0.39, 0.29) is 23.8 Å². The van der Waals surface area contributed by atoms with Gasteiger partial charge in [-0.2, -0.15) is 0 Å². The molecular formula is C10H21NO2. The molecule has 0 saturated heterocycles. The monoisotopic (exact) mass is 187 g/mol. The number of hydrogen-bond acceptors (Lipinski definition) is 2. The molecule has 0 spiro atoms. The number of carbonyl (C=O) groups is 1. The quantitative estimate of drug-likeness (QED) is 0.706. The molecule has 0 aliphatic rings. The van der Waals surface area contributed by atoms with Crippen LogP contribution in [0.5, 0.6) is 0 Å². The van der Waals surface area contributed by atoms with Crippen molar-refractivity contribution in [3.63, 3.8) is 0 Å². The first kappa shape index (κ1) is 12.4. The third kappa shape index (κ3) is 5.64. The lowest BCUT2D eigenvalue weighted by atomic mass is 9.82. The van der Waals surface area contributed by atoms with Gasteiger partial charge in [-0.3, -0.25) is 4.79 Å². The molecule has 0 heterocycles. The highest BCUT2D eigenvalue weighted by Crippen LogP contribution is 2.23. The van der Waals surface area contributed by atoms with E-state index < -0.39 is 5.97 Å². The van der Waals surface area contributed by atoms with E-state index in [1.165, 1.54) is 0 Å². The number of hydrogen-bond donors (Lipinski definition) is 2. The average molecular weight is 187 g/mol. The van der Waals surface area contributed by atoms with E-state index in [0.717, 1.165) is 6.42 Å². The smallest absolute Gasteiger partial charge is 0.303 e. The van der Waals surface area contributed by atoms with E-state index in [1.54, 1.807) is 0 Å². The molecule has 0 aromatic carbocycles. The van der Waals surface area contributed by atoms with E-state index in [1.807, 2.05) is 6.92 Å². The topological polar surface area (TPSA) is 63.3 Å². The predicted molar refractivity (Wildman–Crippen MR) is 53.5 cm³/mol. The molecule has 3 N–H and O–H groups in total. The summed E-state index contributed by atoms with van der Waals surface area (Å²) in [5.41, 5.74) is 6.00. The first-order valence-electron chi connectivity index (χ1n) is 4.71. The summed E-state index contributed by atoms with van der Waals surface area (Å²) in [6.45, 7) is 8.15. The van der Waals surface area contributed by atoms with Gasteiger partial charge in [-0.25, -0.2) is 0 Å². The largest absolute Gasteiger partial charge is 0.481 e. The van der Waals surface area contributed by atoms with E-state index >= 15 is 0 Å². The molecule has 3 nitrogen and oxygen atoms in total. The second-order valence-electron chi connectivity index (χ2n) is 4.91. The molecule has 0 aliphatic carbocycles. The molecule has 13 heavy (non-hydrogen) atoms. The molecular weight excluding hydrogens is 166 g/mol. The Morgan fingerprint density at radius 2 is 1.92 bits per heavy atom. The van der Waals surface area contributed by atoms with Crippen molar-refractivity contribution in [1.82, 2.24) is 0 Å². The zero-order valence-electron chi connectivity index (χ0n) is 9.00. The minimum atomic E-state index is -0.742. The van der Waals surface area contributed by atoms with Crippen LogP contribution >= 0.6 is 0 Å². The van der Waals surface area contributed by atoms with Crippen LogP contribution in [-0.4, -0.2) is 17.1 Å². The van der Waals surface area contributed by atoms with Gasteiger partial charge < -0.3 is 10.8 Å². The van der Waals surface area contributed by atoms with Crippen LogP contribution in [0.3, 0.4) is 0 Å². The summed E-state index contributed by atoms with van der Waals surface area (Å²) in [7, 11) is 0. The number of nitrogens with two attached hydrogens (primary N) is 1. The Balaban J connectivity index is 3.92. The molecule has 0 rings (SSSR count). The lowest BCUT2D eigenvalue weighted by Gasteiger charge is -2.28. The lowest BCUT2D eigenvalue weighted by Crippen LogP contribution is -2.36. The van der Waals surface area contributed by atoms with E-state index in [2.05, 4.69) is 20.8 Å². The minimum Gasteiger partial charge on any atom is -0.481 e. The van der Waals surface area contributed by atoms with Gasteiger partial charge in [-0.15, -0.1) is 0 Å². The summed E-state index contributed by atoms with van der Waals surface area (Å²) in [5.74, 6) is -0.583. The van der Waals surface area contributed by atoms with Crippen LogP contribution in [0.25, 0.3) is 0 Å². The van der Waals surface area contributed by atoms with Crippen LogP contribution in [-0.2, 0) is 4.79 Å². The third-order valence-corrected chi connectivity index (χ3v) is 2.29. The Morgan fingerprint density at radius 3 is 2.23 bits per heavy atom. The SMILES string of the molecule is C[C@@H](CC(=O)O)C[C@H](N)C(C)(C)C. The molecule has 0 bridgehead atoms. The summed E-state index contributed by atoms with van der Waals surface area (Å²) >= 11 is 0. The Labute approximate surface area is 80.3 Å². The highest BCUT2D eigenvalue weighted by molar-refractivity contribution is 5.66. The van der Waals surface area contributed by atoms with Crippen LogP contribution in [0.4, 0.5) is 0 Å². The van der Waals surface area contributed by atoms with Crippen LogP contribution in [0, 0.1) is 11.3 Å². The van der Waals surface area contributed by atoms with Gasteiger partial charge in [0.1, 0.15) is 0 Å². The molecule has 78 valence electrons. The van der Waals surface area contributed by atoms with Crippen LogP contribution < -0.4 is 5.73 Å². The molecule has 0 aliphatic heterocycles. The molecule has 0 aromatic rings. The molecule has 0 radical (unpaired) electrons. The Kier molecular flexibility index (Phi) is 4.40. The first-order valence-corrected chi connectivity index (χ1v) is 4.71. The molecule has 0 fully saturated rings. The average Bonchev–Trinajstić information content (AvgIpc) is 1.82. The van der Waals surface area contributed by atoms with Gasteiger partial charge in [-0.05, 0) is 17.8 Å². The maximum absolute atomic E-state index is 10.4. The molecule has 3 heteroatoms. The second kappa shape index (κ2) is 4.61.